The van der Waals surface area contributed by atoms with Crippen LogP contribution in [0.2, 0.25) is 0 Å². The van der Waals surface area contributed by atoms with Gasteiger partial charge in [-0.1, -0.05) is 24.0 Å². The minimum atomic E-state index is -4.50. The van der Waals surface area contributed by atoms with Crippen LogP contribution in [0.4, 0.5) is 22.0 Å². The number of hydrogen-bond donors (Lipinski definition) is 0. The Morgan fingerprint density at radius 2 is 1.63 bits per heavy atom. The molecule has 5 nitrogen and oxygen atoms in total. The van der Waals surface area contributed by atoms with Crippen molar-refractivity contribution in [1.82, 2.24) is 24.6 Å². The van der Waals surface area contributed by atoms with Crippen molar-refractivity contribution < 1.29 is 22.0 Å². The Morgan fingerprint density at radius 1 is 0.933 bits per heavy atom. The van der Waals surface area contributed by atoms with E-state index in [1.807, 2.05) is 0 Å². The monoisotopic (exact) mass is 415 g/mol. The molecule has 3 heterocycles. The van der Waals surface area contributed by atoms with Gasteiger partial charge in [-0.05, 0) is 18.2 Å². The quantitative estimate of drug-likeness (QED) is 0.356. The maximum absolute atomic E-state index is 13.6. The summed E-state index contributed by atoms with van der Waals surface area (Å²) < 4.78 is 66.5. The Labute approximate surface area is 166 Å². The molecule has 0 unspecified atom stereocenters. The smallest absolute Gasteiger partial charge is 0.244 e. The summed E-state index contributed by atoms with van der Waals surface area (Å²) in [6, 6.07) is 5.20. The van der Waals surface area contributed by atoms with Gasteiger partial charge in [-0.2, -0.15) is 18.3 Å². The van der Waals surface area contributed by atoms with Gasteiger partial charge in [0.2, 0.25) is 0 Å². The molecule has 0 radical (unpaired) electrons. The fourth-order valence-corrected chi connectivity index (χ4v) is 2.71. The summed E-state index contributed by atoms with van der Waals surface area (Å²) in [5.74, 6) is 5.58. The average molecular weight is 415 g/mol. The molecule has 0 aliphatic carbocycles. The summed E-state index contributed by atoms with van der Waals surface area (Å²) >= 11 is 0. The molecule has 3 aromatic heterocycles. The highest BCUT2D eigenvalue weighted by molar-refractivity contribution is 5.66. The van der Waals surface area contributed by atoms with E-state index >= 15 is 0 Å². The van der Waals surface area contributed by atoms with E-state index in [-0.39, 0.29) is 22.5 Å². The second kappa shape index (κ2) is 7.51. The lowest BCUT2D eigenvalue weighted by atomic mass is 10.1. The summed E-state index contributed by atoms with van der Waals surface area (Å²) in [5.41, 5.74) is -0.123. The Balaban J connectivity index is 1.83. The summed E-state index contributed by atoms with van der Waals surface area (Å²) in [7, 11) is 0. The molecule has 0 spiro atoms. The van der Waals surface area contributed by atoms with Crippen LogP contribution in [-0.4, -0.2) is 24.6 Å². The molecular formula is C20H10F5N5. The molecule has 0 aliphatic rings. The number of rotatable bonds is 2. The number of alkyl halides is 5. The molecule has 0 aliphatic heterocycles. The predicted octanol–water partition coefficient (Wildman–Crippen LogP) is 4.54. The van der Waals surface area contributed by atoms with Gasteiger partial charge in [0.25, 0.3) is 6.43 Å². The molecule has 0 saturated heterocycles. The summed E-state index contributed by atoms with van der Waals surface area (Å²) in [4.78, 5) is 12.0. The van der Waals surface area contributed by atoms with Crippen LogP contribution in [0, 0.1) is 11.8 Å². The number of nitrogens with zero attached hydrogens (tertiary/aromatic N) is 5. The first kappa shape index (κ1) is 19.4. The molecule has 0 fully saturated rings. The van der Waals surface area contributed by atoms with Gasteiger partial charge in [-0.25, -0.2) is 28.2 Å². The standard InChI is InChI=1S/C20H10F5N5/c21-18(22)17-7-16(13-3-5-15(6-4-13)20(23,24)25)29-19-14(10-28-30(17)19)2-1-12-8-26-11-27-9-12/h3-11,18H. The van der Waals surface area contributed by atoms with Crippen LogP contribution in [0.15, 0.2) is 55.2 Å². The summed E-state index contributed by atoms with van der Waals surface area (Å²) in [6.07, 6.45) is -1.78. The maximum atomic E-state index is 13.6. The number of halogens is 5. The third-order valence-corrected chi connectivity index (χ3v) is 4.13. The van der Waals surface area contributed by atoms with Crippen molar-refractivity contribution in [3.05, 3.63) is 77.6 Å². The zero-order valence-electron chi connectivity index (χ0n) is 14.9. The third kappa shape index (κ3) is 3.82. The topological polar surface area (TPSA) is 56.0 Å². The Morgan fingerprint density at radius 3 is 2.27 bits per heavy atom. The van der Waals surface area contributed by atoms with Crippen LogP contribution >= 0.6 is 0 Å². The fraction of sp³-hybridized carbons (Fsp3) is 0.100. The van der Waals surface area contributed by atoms with Crippen molar-refractivity contribution in [3.63, 3.8) is 0 Å². The van der Waals surface area contributed by atoms with Crippen LogP contribution in [-0.2, 0) is 6.18 Å². The van der Waals surface area contributed by atoms with E-state index < -0.39 is 23.9 Å². The van der Waals surface area contributed by atoms with E-state index in [4.69, 9.17) is 0 Å². The number of hydrogen-bond acceptors (Lipinski definition) is 4. The molecule has 150 valence electrons. The van der Waals surface area contributed by atoms with Gasteiger partial charge in [0.15, 0.2) is 5.65 Å². The van der Waals surface area contributed by atoms with Crippen LogP contribution < -0.4 is 0 Å². The third-order valence-electron chi connectivity index (χ3n) is 4.13. The highest BCUT2D eigenvalue weighted by Crippen LogP contribution is 2.32. The molecule has 30 heavy (non-hydrogen) atoms. The van der Waals surface area contributed by atoms with Gasteiger partial charge in [0, 0.05) is 18.0 Å². The van der Waals surface area contributed by atoms with E-state index in [1.54, 1.807) is 0 Å². The van der Waals surface area contributed by atoms with Crippen molar-refractivity contribution >= 4 is 5.65 Å². The highest BCUT2D eigenvalue weighted by atomic mass is 19.4. The van der Waals surface area contributed by atoms with Gasteiger partial charge in [0.05, 0.1) is 28.6 Å². The Bertz CT molecular complexity index is 1250. The van der Waals surface area contributed by atoms with Crippen molar-refractivity contribution in [2.45, 2.75) is 12.6 Å². The molecule has 1 aromatic carbocycles. The molecule has 0 amide bonds. The molecule has 0 bridgehead atoms. The summed E-state index contributed by atoms with van der Waals surface area (Å²) in [5, 5.41) is 3.92. The Hall–Kier alpha value is -3.87. The van der Waals surface area contributed by atoms with Crippen LogP contribution in [0.1, 0.15) is 28.8 Å². The second-order valence-corrected chi connectivity index (χ2v) is 6.11. The largest absolute Gasteiger partial charge is 0.416 e. The molecule has 4 aromatic rings. The van der Waals surface area contributed by atoms with Crippen LogP contribution in [0.25, 0.3) is 16.9 Å². The van der Waals surface area contributed by atoms with Gasteiger partial charge in [0.1, 0.15) is 12.0 Å². The van der Waals surface area contributed by atoms with Crippen molar-refractivity contribution in [2.24, 2.45) is 0 Å². The Kier molecular flexibility index (Phi) is 4.87. The minimum absolute atomic E-state index is 0.0621. The number of aromatic nitrogens is 5. The fourth-order valence-electron chi connectivity index (χ4n) is 2.71. The zero-order valence-corrected chi connectivity index (χ0v) is 14.9. The van der Waals surface area contributed by atoms with Gasteiger partial charge in [-0.15, -0.1) is 0 Å². The number of fused-ring (bicyclic) bond motifs is 1. The minimum Gasteiger partial charge on any atom is -0.244 e. The lowest BCUT2D eigenvalue weighted by molar-refractivity contribution is -0.137. The van der Waals surface area contributed by atoms with Crippen LogP contribution in [0.5, 0.6) is 0 Å². The number of benzene rings is 1. The summed E-state index contributed by atoms with van der Waals surface area (Å²) in [6.45, 7) is 0. The van der Waals surface area contributed by atoms with E-state index in [2.05, 4.69) is 31.9 Å². The average Bonchev–Trinajstić information content (AvgIpc) is 3.14. The second-order valence-electron chi connectivity index (χ2n) is 6.11. The van der Waals surface area contributed by atoms with Gasteiger partial charge < -0.3 is 0 Å². The van der Waals surface area contributed by atoms with E-state index in [1.165, 1.54) is 37.1 Å². The molecule has 0 saturated carbocycles. The van der Waals surface area contributed by atoms with Crippen molar-refractivity contribution in [2.75, 3.05) is 0 Å². The normalized spacial score (nSPS) is 11.5. The molecular weight excluding hydrogens is 405 g/mol. The lowest BCUT2D eigenvalue weighted by Crippen LogP contribution is -2.05. The molecule has 10 heteroatoms. The van der Waals surface area contributed by atoms with E-state index in [9.17, 15) is 22.0 Å². The lowest BCUT2D eigenvalue weighted by Gasteiger charge is -2.10. The van der Waals surface area contributed by atoms with E-state index in [0.29, 0.717) is 5.56 Å². The molecule has 4 rings (SSSR count). The highest BCUT2D eigenvalue weighted by Gasteiger charge is 2.30. The van der Waals surface area contributed by atoms with Gasteiger partial charge >= 0.3 is 6.18 Å². The SMILES string of the molecule is FC(F)c1cc(-c2ccc(C(F)(F)F)cc2)nc2c(C#Cc3cncnc3)cnn12. The van der Waals surface area contributed by atoms with Crippen molar-refractivity contribution in [3.8, 4) is 23.1 Å². The first-order chi connectivity index (χ1) is 14.3. The van der Waals surface area contributed by atoms with Gasteiger partial charge in [-0.3, -0.25) is 0 Å². The molecule has 0 atom stereocenters. The zero-order chi connectivity index (χ0) is 21.3. The maximum Gasteiger partial charge on any atom is 0.416 e. The first-order valence-electron chi connectivity index (χ1n) is 8.44. The first-order valence-corrected chi connectivity index (χ1v) is 8.44. The van der Waals surface area contributed by atoms with Crippen LogP contribution in [0.3, 0.4) is 0 Å². The predicted molar refractivity (Wildman–Crippen MR) is 96.4 cm³/mol. The van der Waals surface area contributed by atoms with E-state index in [0.717, 1.165) is 22.7 Å². The molecule has 0 N–H and O–H groups in total. The van der Waals surface area contributed by atoms with Crippen molar-refractivity contribution in [1.29, 1.82) is 0 Å².